The average molecular weight is 264 g/mol. The van der Waals surface area contributed by atoms with Crippen LogP contribution in [0.25, 0.3) is 0 Å². The van der Waals surface area contributed by atoms with E-state index >= 15 is 0 Å². The molecule has 1 aromatic rings. The van der Waals surface area contributed by atoms with E-state index in [4.69, 9.17) is 4.74 Å². The van der Waals surface area contributed by atoms with Crippen molar-refractivity contribution in [1.29, 1.82) is 0 Å². The zero-order chi connectivity index (χ0) is 14.4. The minimum Gasteiger partial charge on any atom is -0.452 e. The highest BCUT2D eigenvalue weighted by Gasteiger charge is 2.12. The summed E-state index contributed by atoms with van der Waals surface area (Å²) in [4.78, 5) is 33.5. The highest BCUT2D eigenvalue weighted by atomic mass is 16.5. The topological polar surface area (TPSA) is 84.5 Å². The Balaban J connectivity index is 2.51. The largest absolute Gasteiger partial charge is 0.452 e. The van der Waals surface area contributed by atoms with Crippen LogP contribution in [0.15, 0.2) is 18.2 Å². The maximum atomic E-state index is 11.7. The van der Waals surface area contributed by atoms with Gasteiger partial charge in [-0.05, 0) is 25.5 Å². The average Bonchev–Trinajstić information content (AvgIpc) is 2.33. The molecule has 102 valence electrons. The minimum atomic E-state index is -0.603. The number of carbonyl (C=O) groups excluding carboxylic acids is 3. The lowest BCUT2D eigenvalue weighted by Crippen LogP contribution is -2.42. The maximum Gasteiger partial charge on any atom is 0.338 e. The Kier molecular flexibility index (Phi) is 5.05. The zero-order valence-corrected chi connectivity index (χ0v) is 11.1. The number of hydrazine groups is 1. The second-order valence-electron chi connectivity index (χ2n) is 4.12. The molecule has 0 fully saturated rings. The monoisotopic (exact) mass is 264 g/mol. The molecule has 0 unspecified atom stereocenters. The third-order valence-electron chi connectivity index (χ3n) is 2.31. The lowest BCUT2D eigenvalue weighted by molar-refractivity contribution is -0.129. The van der Waals surface area contributed by atoms with Gasteiger partial charge in [0.25, 0.3) is 5.91 Å². The summed E-state index contributed by atoms with van der Waals surface area (Å²) in [5.74, 6) is -1.59. The SMILES string of the molecule is CC(=O)NNC(=O)COC(=O)c1ccc(C)cc1C. The number of rotatable bonds is 3. The molecule has 0 aromatic heterocycles. The first kappa shape index (κ1) is 14.7. The van der Waals surface area contributed by atoms with Crippen molar-refractivity contribution >= 4 is 17.8 Å². The van der Waals surface area contributed by atoms with Crippen LogP contribution in [0.2, 0.25) is 0 Å². The number of esters is 1. The highest BCUT2D eigenvalue weighted by Crippen LogP contribution is 2.11. The van der Waals surface area contributed by atoms with Gasteiger partial charge in [0.2, 0.25) is 5.91 Å². The van der Waals surface area contributed by atoms with Crippen molar-refractivity contribution in [2.75, 3.05) is 6.61 Å². The summed E-state index contributed by atoms with van der Waals surface area (Å²) < 4.78 is 4.84. The molecular weight excluding hydrogens is 248 g/mol. The summed E-state index contributed by atoms with van der Waals surface area (Å²) in [5.41, 5.74) is 6.43. The number of hydrogen-bond acceptors (Lipinski definition) is 4. The molecule has 1 aromatic carbocycles. The first-order chi connectivity index (χ1) is 8.90. The summed E-state index contributed by atoms with van der Waals surface area (Å²) in [5, 5.41) is 0. The Morgan fingerprint density at radius 1 is 1.16 bits per heavy atom. The van der Waals surface area contributed by atoms with Gasteiger partial charge >= 0.3 is 5.97 Å². The van der Waals surface area contributed by atoms with Gasteiger partial charge in [-0.15, -0.1) is 0 Å². The molecule has 0 spiro atoms. The molecule has 0 bridgehead atoms. The van der Waals surface area contributed by atoms with Crippen LogP contribution in [-0.2, 0) is 14.3 Å². The van der Waals surface area contributed by atoms with E-state index < -0.39 is 24.4 Å². The smallest absolute Gasteiger partial charge is 0.338 e. The first-order valence-corrected chi connectivity index (χ1v) is 5.70. The van der Waals surface area contributed by atoms with E-state index in [9.17, 15) is 14.4 Å². The van der Waals surface area contributed by atoms with E-state index in [1.807, 2.05) is 13.0 Å². The predicted molar refractivity (Wildman–Crippen MR) is 68.2 cm³/mol. The predicted octanol–water partition coefficient (Wildman–Crippen LogP) is 0.628. The second kappa shape index (κ2) is 6.53. The molecule has 1 rings (SSSR count). The van der Waals surface area contributed by atoms with Crippen molar-refractivity contribution in [3.63, 3.8) is 0 Å². The second-order valence-corrected chi connectivity index (χ2v) is 4.12. The minimum absolute atomic E-state index is 0.408. The molecule has 2 amide bonds. The van der Waals surface area contributed by atoms with E-state index in [1.54, 1.807) is 19.1 Å². The summed E-state index contributed by atoms with van der Waals surface area (Å²) in [7, 11) is 0. The molecule has 0 heterocycles. The molecule has 2 N–H and O–H groups in total. The van der Waals surface area contributed by atoms with Crippen LogP contribution in [0.4, 0.5) is 0 Å². The van der Waals surface area contributed by atoms with Gasteiger partial charge in [0.1, 0.15) is 0 Å². The molecule has 6 heteroatoms. The van der Waals surface area contributed by atoms with Crippen molar-refractivity contribution in [2.45, 2.75) is 20.8 Å². The molecule has 0 aliphatic heterocycles. The Bertz CT molecular complexity index is 511. The van der Waals surface area contributed by atoms with Crippen molar-refractivity contribution in [1.82, 2.24) is 10.9 Å². The fourth-order valence-corrected chi connectivity index (χ4v) is 1.45. The first-order valence-electron chi connectivity index (χ1n) is 5.70. The molecule has 0 atom stereocenters. The van der Waals surface area contributed by atoms with E-state index in [-0.39, 0.29) is 0 Å². The van der Waals surface area contributed by atoms with Gasteiger partial charge in [-0.3, -0.25) is 20.4 Å². The van der Waals surface area contributed by atoms with Gasteiger partial charge in [0, 0.05) is 6.92 Å². The molecule has 19 heavy (non-hydrogen) atoms. The summed E-state index contributed by atoms with van der Waals surface area (Å²) >= 11 is 0. The standard InChI is InChI=1S/C13H16N2O4/c1-8-4-5-11(9(2)6-8)13(18)19-7-12(17)15-14-10(3)16/h4-6H,7H2,1-3H3,(H,14,16)(H,15,17). The van der Waals surface area contributed by atoms with Crippen molar-refractivity contribution in [3.8, 4) is 0 Å². The molecular formula is C13H16N2O4. The number of carbonyl (C=O) groups is 3. The zero-order valence-electron chi connectivity index (χ0n) is 11.1. The van der Waals surface area contributed by atoms with Crippen molar-refractivity contribution in [3.05, 3.63) is 34.9 Å². The van der Waals surface area contributed by atoms with Gasteiger partial charge in [-0.1, -0.05) is 17.7 Å². The Labute approximate surface area is 111 Å². The molecule has 0 aliphatic carbocycles. The fraction of sp³-hybridized carbons (Fsp3) is 0.308. The van der Waals surface area contributed by atoms with E-state index in [0.717, 1.165) is 11.1 Å². The third-order valence-corrected chi connectivity index (χ3v) is 2.31. The lowest BCUT2D eigenvalue weighted by atomic mass is 10.1. The van der Waals surface area contributed by atoms with Crippen LogP contribution in [0.3, 0.4) is 0 Å². The normalized spacial score (nSPS) is 9.63. The third kappa shape index (κ3) is 4.79. The summed E-state index contributed by atoms with van der Waals surface area (Å²) in [6, 6.07) is 5.30. The molecule has 0 saturated heterocycles. The molecule has 6 nitrogen and oxygen atoms in total. The highest BCUT2D eigenvalue weighted by molar-refractivity contribution is 5.92. The Morgan fingerprint density at radius 3 is 2.42 bits per heavy atom. The van der Waals surface area contributed by atoms with Crippen molar-refractivity contribution < 1.29 is 19.1 Å². The number of nitrogens with one attached hydrogen (secondary N) is 2. The number of amides is 2. The fourth-order valence-electron chi connectivity index (χ4n) is 1.45. The van der Waals surface area contributed by atoms with Gasteiger partial charge in [-0.2, -0.15) is 0 Å². The van der Waals surface area contributed by atoms with E-state index in [2.05, 4.69) is 10.9 Å². The maximum absolute atomic E-state index is 11.7. The number of benzene rings is 1. The molecule has 0 radical (unpaired) electrons. The van der Waals surface area contributed by atoms with Crippen LogP contribution < -0.4 is 10.9 Å². The lowest BCUT2D eigenvalue weighted by Gasteiger charge is -2.08. The summed E-state index contributed by atoms with van der Waals surface area (Å²) in [6.45, 7) is 4.51. The van der Waals surface area contributed by atoms with Gasteiger partial charge < -0.3 is 4.74 Å². The molecule has 0 aliphatic rings. The van der Waals surface area contributed by atoms with Gasteiger partial charge in [0.05, 0.1) is 5.56 Å². The van der Waals surface area contributed by atoms with Crippen molar-refractivity contribution in [2.24, 2.45) is 0 Å². The van der Waals surface area contributed by atoms with Gasteiger partial charge in [-0.25, -0.2) is 4.79 Å². The van der Waals surface area contributed by atoms with Crippen LogP contribution in [-0.4, -0.2) is 24.4 Å². The quantitative estimate of drug-likeness (QED) is 0.619. The van der Waals surface area contributed by atoms with Gasteiger partial charge in [0.15, 0.2) is 6.61 Å². The van der Waals surface area contributed by atoms with Crippen LogP contribution >= 0.6 is 0 Å². The number of aryl methyl sites for hydroxylation is 2. The van der Waals surface area contributed by atoms with E-state index in [0.29, 0.717) is 5.56 Å². The number of ether oxygens (including phenoxy) is 1. The number of hydrogen-bond donors (Lipinski definition) is 2. The summed E-state index contributed by atoms with van der Waals surface area (Å²) in [6.07, 6.45) is 0. The van der Waals surface area contributed by atoms with Crippen LogP contribution in [0.1, 0.15) is 28.4 Å². The van der Waals surface area contributed by atoms with E-state index in [1.165, 1.54) is 6.92 Å². The Morgan fingerprint density at radius 2 is 1.84 bits per heavy atom. The van der Waals surface area contributed by atoms with Crippen LogP contribution in [0.5, 0.6) is 0 Å². The van der Waals surface area contributed by atoms with Crippen LogP contribution in [0, 0.1) is 13.8 Å². The Hall–Kier alpha value is -2.37. The molecule has 0 saturated carbocycles.